The second kappa shape index (κ2) is 4.91. The zero-order chi connectivity index (χ0) is 7.56. The molecule has 0 aromatic heterocycles. The highest BCUT2D eigenvalue weighted by Crippen LogP contribution is 2.11. The maximum absolute atomic E-state index is 13.0. The summed E-state index contributed by atoms with van der Waals surface area (Å²) in [5.74, 6) is 0. The van der Waals surface area contributed by atoms with Gasteiger partial charge in [0.25, 0.3) is 0 Å². The van der Waals surface area contributed by atoms with E-state index >= 15 is 0 Å². The predicted octanol–water partition coefficient (Wildman–Crippen LogP) is 0.670. The van der Waals surface area contributed by atoms with E-state index in [0.717, 1.165) is 13.0 Å². The molecular formula is C7H16ClFN2. The lowest BCUT2D eigenvalue weighted by Crippen LogP contribution is -2.48. The normalized spacial score (nSPS) is 31.6. The number of rotatable bonds is 1. The van der Waals surface area contributed by atoms with Crippen molar-refractivity contribution in [3.8, 4) is 0 Å². The van der Waals surface area contributed by atoms with E-state index in [0.29, 0.717) is 6.54 Å². The van der Waals surface area contributed by atoms with Crippen molar-refractivity contribution >= 4 is 12.4 Å². The molecule has 0 aromatic carbocycles. The average Bonchev–Trinajstić information content (AvgIpc) is 1.88. The van der Waals surface area contributed by atoms with Gasteiger partial charge in [-0.25, -0.2) is 4.39 Å². The average molecular weight is 183 g/mol. The Morgan fingerprint density at radius 1 is 1.45 bits per heavy atom. The first kappa shape index (κ1) is 11.1. The molecule has 4 heteroatoms. The first-order valence-corrected chi connectivity index (χ1v) is 3.73. The van der Waals surface area contributed by atoms with Crippen molar-refractivity contribution in [3.05, 3.63) is 0 Å². The molecule has 1 fully saturated rings. The SMILES string of the molecule is CN(C)C1CCNCC1F.Cl. The smallest absolute Gasteiger partial charge is 0.128 e. The van der Waals surface area contributed by atoms with Gasteiger partial charge in [-0.3, -0.25) is 0 Å². The third kappa shape index (κ3) is 2.93. The molecule has 1 aliphatic rings. The van der Waals surface area contributed by atoms with Crippen LogP contribution in [0.2, 0.25) is 0 Å². The Morgan fingerprint density at radius 2 is 2.09 bits per heavy atom. The van der Waals surface area contributed by atoms with E-state index in [1.807, 2.05) is 19.0 Å². The molecule has 0 aromatic rings. The number of halogens is 2. The molecule has 0 bridgehead atoms. The number of hydrogen-bond donors (Lipinski definition) is 1. The summed E-state index contributed by atoms with van der Waals surface area (Å²) in [6.07, 6.45) is 0.234. The molecule has 11 heavy (non-hydrogen) atoms. The van der Waals surface area contributed by atoms with Crippen LogP contribution < -0.4 is 5.32 Å². The summed E-state index contributed by atoms with van der Waals surface area (Å²) < 4.78 is 13.0. The van der Waals surface area contributed by atoms with Crippen LogP contribution in [0.5, 0.6) is 0 Å². The molecule has 68 valence electrons. The van der Waals surface area contributed by atoms with Gasteiger partial charge in [0, 0.05) is 12.6 Å². The second-order valence-corrected chi connectivity index (χ2v) is 3.04. The van der Waals surface area contributed by atoms with Crippen molar-refractivity contribution in [1.82, 2.24) is 10.2 Å². The Bertz CT molecular complexity index is 111. The Balaban J connectivity index is 0.000001000. The number of alkyl halides is 1. The van der Waals surface area contributed by atoms with Crippen LogP contribution in [0.1, 0.15) is 6.42 Å². The molecule has 1 rings (SSSR count). The number of hydrogen-bond acceptors (Lipinski definition) is 2. The first-order chi connectivity index (χ1) is 4.72. The largest absolute Gasteiger partial charge is 0.314 e. The van der Waals surface area contributed by atoms with Crippen LogP contribution >= 0.6 is 12.4 Å². The van der Waals surface area contributed by atoms with Crippen molar-refractivity contribution in [2.24, 2.45) is 0 Å². The van der Waals surface area contributed by atoms with Gasteiger partial charge in [-0.05, 0) is 27.1 Å². The number of nitrogens with zero attached hydrogens (tertiary/aromatic N) is 1. The van der Waals surface area contributed by atoms with Crippen molar-refractivity contribution in [2.75, 3.05) is 27.2 Å². The van der Waals surface area contributed by atoms with E-state index in [-0.39, 0.29) is 18.4 Å². The molecule has 1 aliphatic heterocycles. The Labute approximate surface area is 73.6 Å². The second-order valence-electron chi connectivity index (χ2n) is 3.04. The number of piperidine rings is 1. The summed E-state index contributed by atoms with van der Waals surface area (Å²) in [4.78, 5) is 1.96. The lowest BCUT2D eigenvalue weighted by atomic mass is 10.0. The van der Waals surface area contributed by atoms with Gasteiger partial charge in [-0.2, -0.15) is 0 Å². The lowest BCUT2D eigenvalue weighted by Gasteiger charge is -2.31. The fraction of sp³-hybridized carbons (Fsp3) is 1.00. The van der Waals surface area contributed by atoms with Crippen molar-refractivity contribution < 1.29 is 4.39 Å². The van der Waals surface area contributed by atoms with Crippen LogP contribution in [-0.2, 0) is 0 Å². The zero-order valence-corrected chi connectivity index (χ0v) is 7.83. The maximum atomic E-state index is 13.0. The van der Waals surface area contributed by atoms with E-state index in [1.54, 1.807) is 0 Å². The molecule has 0 aliphatic carbocycles. The fourth-order valence-corrected chi connectivity index (χ4v) is 1.39. The van der Waals surface area contributed by atoms with E-state index in [9.17, 15) is 4.39 Å². The summed E-state index contributed by atoms with van der Waals surface area (Å²) in [6.45, 7) is 1.46. The van der Waals surface area contributed by atoms with E-state index < -0.39 is 6.17 Å². The van der Waals surface area contributed by atoms with Gasteiger partial charge in [-0.1, -0.05) is 0 Å². The summed E-state index contributed by atoms with van der Waals surface area (Å²) in [7, 11) is 3.87. The van der Waals surface area contributed by atoms with Gasteiger partial charge in [0.05, 0.1) is 0 Å². The van der Waals surface area contributed by atoms with Gasteiger partial charge in [-0.15, -0.1) is 12.4 Å². The van der Waals surface area contributed by atoms with E-state index in [2.05, 4.69) is 5.32 Å². The Kier molecular flexibility index (Phi) is 4.97. The van der Waals surface area contributed by atoms with Crippen LogP contribution in [0.4, 0.5) is 4.39 Å². The minimum atomic E-state index is -0.691. The summed E-state index contributed by atoms with van der Waals surface area (Å²) in [5, 5.41) is 3.02. The fourth-order valence-electron chi connectivity index (χ4n) is 1.39. The first-order valence-electron chi connectivity index (χ1n) is 3.73. The molecular weight excluding hydrogens is 167 g/mol. The quantitative estimate of drug-likeness (QED) is 0.642. The van der Waals surface area contributed by atoms with Crippen LogP contribution in [-0.4, -0.2) is 44.3 Å². The highest BCUT2D eigenvalue weighted by Gasteiger charge is 2.25. The van der Waals surface area contributed by atoms with Crippen LogP contribution in [0.15, 0.2) is 0 Å². The minimum absolute atomic E-state index is 0. The molecule has 0 amide bonds. The van der Waals surface area contributed by atoms with Crippen molar-refractivity contribution in [1.29, 1.82) is 0 Å². The van der Waals surface area contributed by atoms with E-state index in [4.69, 9.17) is 0 Å². The molecule has 0 spiro atoms. The molecule has 1 saturated heterocycles. The molecule has 2 atom stereocenters. The number of nitrogens with one attached hydrogen (secondary N) is 1. The van der Waals surface area contributed by atoms with Gasteiger partial charge >= 0.3 is 0 Å². The third-order valence-corrected chi connectivity index (χ3v) is 2.04. The standard InChI is InChI=1S/C7H15FN2.ClH/c1-10(2)7-3-4-9-5-6(7)8;/h6-7,9H,3-5H2,1-2H3;1H. The lowest BCUT2D eigenvalue weighted by molar-refractivity contribution is 0.125. The van der Waals surface area contributed by atoms with Gasteiger partial charge in [0.15, 0.2) is 0 Å². The van der Waals surface area contributed by atoms with Crippen molar-refractivity contribution in [2.45, 2.75) is 18.6 Å². The molecule has 1 N–H and O–H groups in total. The van der Waals surface area contributed by atoms with Crippen LogP contribution in [0.25, 0.3) is 0 Å². The topological polar surface area (TPSA) is 15.3 Å². The van der Waals surface area contributed by atoms with Crippen LogP contribution in [0, 0.1) is 0 Å². The molecule has 0 radical (unpaired) electrons. The highest BCUT2D eigenvalue weighted by atomic mass is 35.5. The predicted molar refractivity (Wildman–Crippen MR) is 47.1 cm³/mol. The van der Waals surface area contributed by atoms with E-state index in [1.165, 1.54) is 0 Å². The minimum Gasteiger partial charge on any atom is -0.314 e. The molecule has 0 saturated carbocycles. The summed E-state index contributed by atoms with van der Waals surface area (Å²) >= 11 is 0. The maximum Gasteiger partial charge on any atom is 0.128 e. The van der Waals surface area contributed by atoms with Crippen LogP contribution in [0.3, 0.4) is 0 Å². The van der Waals surface area contributed by atoms with Gasteiger partial charge < -0.3 is 10.2 Å². The molecule has 2 nitrogen and oxygen atoms in total. The molecule has 1 heterocycles. The summed E-state index contributed by atoms with van der Waals surface area (Å²) in [6, 6.07) is 0.126. The van der Waals surface area contributed by atoms with Gasteiger partial charge in [0.1, 0.15) is 6.17 Å². The zero-order valence-electron chi connectivity index (χ0n) is 7.01. The Hall–Kier alpha value is 0.140. The Morgan fingerprint density at radius 3 is 2.45 bits per heavy atom. The van der Waals surface area contributed by atoms with Crippen molar-refractivity contribution in [3.63, 3.8) is 0 Å². The monoisotopic (exact) mass is 182 g/mol. The summed E-state index contributed by atoms with van der Waals surface area (Å²) in [5.41, 5.74) is 0. The third-order valence-electron chi connectivity index (χ3n) is 2.04. The molecule has 2 unspecified atom stereocenters. The highest BCUT2D eigenvalue weighted by molar-refractivity contribution is 5.85. The van der Waals surface area contributed by atoms with Gasteiger partial charge in [0.2, 0.25) is 0 Å².